The standard InChI is InChI=1S/C27H35FN4O2/c28-22-10-8-21(9-11-22)27(14-2-1-3-15-27)18-31-26(34)24(29)19-4-6-20(7-5-19)25(33)32-23-12-16-30-17-13-23/h8-13,16-17,19-20,24H,1-7,14-15,18,29H2,(H,31,34)(H,30,32,33). The molecule has 1 aromatic carbocycles. The van der Waals surface area contributed by atoms with Gasteiger partial charge in [-0.2, -0.15) is 0 Å². The van der Waals surface area contributed by atoms with Crippen molar-refractivity contribution < 1.29 is 14.0 Å². The van der Waals surface area contributed by atoms with Gasteiger partial charge in [-0.1, -0.05) is 31.4 Å². The molecule has 2 aliphatic rings. The molecule has 1 heterocycles. The zero-order valence-electron chi connectivity index (χ0n) is 19.6. The lowest BCUT2D eigenvalue weighted by Crippen LogP contribution is -2.51. The van der Waals surface area contributed by atoms with Crippen molar-refractivity contribution in [1.82, 2.24) is 10.3 Å². The van der Waals surface area contributed by atoms with E-state index in [0.717, 1.165) is 62.6 Å². The number of carbonyl (C=O) groups excluding carboxylic acids is 2. The van der Waals surface area contributed by atoms with E-state index in [0.29, 0.717) is 6.54 Å². The van der Waals surface area contributed by atoms with Gasteiger partial charge >= 0.3 is 0 Å². The first-order chi connectivity index (χ1) is 16.5. The van der Waals surface area contributed by atoms with Gasteiger partial charge in [0.2, 0.25) is 11.8 Å². The first-order valence-electron chi connectivity index (χ1n) is 12.5. The van der Waals surface area contributed by atoms with Crippen molar-refractivity contribution in [2.75, 3.05) is 11.9 Å². The number of anilines is 1. The molecule has 2 fully saturated rings. The number of amides is 2. The van der Waals surface area contributed by atoms with Crippen molar-refractivity contribution in [3.63, 3.8) is 0 Å². The Kier molecular flexibility index (Phi) is 7.93. The third kappa shape index (κ3) is 5.81. The highest BCUT2D eigenvalue weighted by molar-refractivity contribution is 5.92. The van der Waals surface area contributed by atoms with Crippen LogP contribution in [0.5, 0.6) is 0 Å². The Balaban J connectivity index is 1.29. The van der Waals surface area contributed by atoms with E-state index in [4.69, 9.17) is 5.73 Å². The molecule has 0 spiro atoms. The molecule has 1 unspecified atom stereocenters. The van der Waals surface area contributed by atoms with Crippen molar-refractivity contribution >= 4 is 17.5 Å². The summed E-state index contributed by atoms with van der Waals surface area (Å²) in [4.78, 5) is 29.5. The molecule has 2 aliphatic carbocycles. The van der Waals surface area contributed by atoms with Gasteiger partial charge in [0.05, 0.1) is 6.04 Å². The van der Waals surface area contributed by atoms with Crippen LogP contribution in [0, 0.1) is 17.7 Å². The van der Waals surface area contributed by atoms with Crippen molar-refractivity contribution in [3.05, 3.63) is 60.2 Å². The smallest absolute Gasteiger partial charge is 0.237 e. The van der Waals surface area contributed by atoms with Gasteiger partial charge in [0, 0.05) is 36.0 Å². The summed E-state index contributed by atoms with van der Waals surface area (Å²) in [6, 6.07) is 9.67. The maximum atomic E-state index is 13.5. The van der Waals surface area contributed by atoms with E-state index in [2.05, 4.69) is 15.6 Å². The molecule has 34 heavy (non-hydrogen) atoms. The first-order valence-corrected chi connectivity index (χ1v) is 12.5. The third-order valence-electron chi connectivity index (χ3n) is 7.77. The molecule has 7 heteroatoms. The van der Waals surface area contributed by atoms with E-state index in [1.54, 1.807) is 24.5 Å². The molecule has 0 bridgehead atoms. The Morgan fingerprint density at radius 3 is 2.29 bits per heavy atom. The van der Waals surface area contributed by atoms with Crippen LogP contribution in [-0.2, 0) is 15.0 Å². The summed E-state index contributed by atoms with van der Waals surface area (Å²) in [6.07, 6.45) is 11.6. The fourth-order valence-electron chi connectivity index (χ4n) is 5.61. The zero-order valence-corrected chi connectivity index (χ0v) is 19.6. The number of benzene rings is 1. The molecule has 2 saturated carbocycles. The molecule has 0 saturated heterocycles. The van der Waals surface area contributed by atoms with Crippen LogP contribution in [0.25, 0.3) is 0 Å². The topological polar surface area (TPSA) is 97.1 Å². The molecule has 2 aromatic rings. The van der Waals surface area contributed by atoms with E-state index in [9.17, 15) is 14.0 Å². The van der Waals surface area contributed by atoms with Gasteiger partial charge in [-0.05, 0) is 74.3 Å². The van der Waals surface area contributed by atoms with Gasteiger partial charge < -0.3 is 16.4 Å². The second kappa shape index (κ2) is 11.1. The van der Waals surface area contributed by atoms with E-state index < -0.39 is 6.04 Å². The Morgan fingerprint density at radius 1 is 1.00 bits per heavy atom. The normalized spacial score (nSPS) is 23.0. The van der Waals surface area contributed by atoms with E-state index in [-0.39, 0.29) is 34.9 Å². The number of rotatable bonds is 7. The zero-order chi connectivity index (χ0) is 24.0. The van der Waals surface area contributed by atoms with Gasteiger partial charge in [0.1, 0.15) is 5.82 Å². The largest absolute Gasteiger partial charge is 0.354 e. The molecule has 4 N–H and O–H groups in total. The number of nitrogens with zero attached hydrogens (tertiary/aromatic N) is 1. The summed E-state index contributed by atoms with van der Waals surface area (Å²) in [6.45, 7) is 0.523. The Labute approximate surface area is 200 Å². The average molecular weight is 467 g/mol. The maximum Gasteiger partial charge on any atom is 0.237 e. The molecule has 1 aromatic heterocycles. The van der Waals surface area contributed by atoms with Crippen molar-refractivity contribution in [1.29, 1.82) is 0 Å². The van der Waals surface area contributed by atoms with Crippen LogP contribution in [0.15, 0.2) is 48.8 Å². The molecule has 4 rings (SSSR count). The minimum Gasteiger partial charge on any atom is -0.354 e. The van der Waals surface area contributed by atoms with Crippen LogP contribution < -0.4 is 16.4 Å². The summed E-state index contributed by atoms with van der Waals surface area (Å²) in [5, 5.41) is 6.07. The number of hydrogen-bond acceptors (Lipinski definition) is 4. The van der Waals surface area contributed by atoms with Crippen LogP contribution >= 0.6 is 0 Å². The van der Waals surface area contributed by atoms with Crippen LogP contribution in [-0.4, -0.2) is 29.4 Å². The summed E-state index contributed by atoms with van der Waals surface area (Å²) >= 11 is 0. The van der Waals surface area contributed by atoms with Crippen molar-refractivity contribution in [2.24, 2.45) is 17.6 Å². The highest BCUT2D eigenvalue weighted by Gasteiger charge is 2.36. The maximum absolute atomic E-state index is 13.5. The molecular formula is C27H35FN4O2. The quantitative estimate of drug-likeness (QED) is 0.566. The lowest BCUT2D eigenvalue weighted by atomic mass is 9.69. The monoisotopic (exact) mass is 466 g/mol. The Morgan fingerprint density at radius 2 is 1.65 bits per heavy atom. The minimum atomic E-state index is -0.585. The average Bonchev–Trinajstić information content (AvgIpc) is 2.88. The SMILES string of the molecule is NC(C(=O)NCC1(c2ccc(F)cc2)CCCCC1)C1CCC(C(=O)Nc2ccncc2)CC1. The number of carbonyl (C=O) groups is 2. The van der Waals surface area contributed by atoms with Gasteiger partial charge in [0.25, 0.3) is 0 Å². The molecule has 0 radical (unpaired) electrons. The van der Waals surface area contributed by atoms with E-state index in [1.807, 2.05) is 12.1 Å². The fourth-order valence-corrected chi connectivity index (χ4v) is 5.61. The van der Waals surface area contributed by atoms with E-state index >= 15 is 0 Å². The number of halogens is 1. The Bertz CT molecular complexity index is 952. The van der Waals surface area contributed by atoms with Crippen LogP contribution in [0.3, 0.4) is 0 Å². The van der Waals surface area contributed by atoms with Gasteiger partial charge in [-0.15, -0.1) is 0 Å². The molecular weight excluding hydrogens is 431 g/mol. The summed E-state index contributed by atoms with van der Waals surface area (Å²) in [5.74, 6) is -0.356. The second-order valence-electron chi connectivity index (χ2n) is 9.93. The lowest BCUT2D eigenvalue weighted by Gasteiger charge is -2.39. The minimum absolute atomic E-state index is 0.0150. The van der Waals surface area contributed by atoms with Crippen LogP contribution in [0.4, 0.5) is 10.1 Å². The number of nitrogens with one attached hydrogen (secondary N) is 2. The number of hydrogen-bond donors (Lipinski definition) is 3. The second-order valence-corrected chi connectivity index (χ2v) is 9.93. The number of nitrogens with two attached hydrogens (primary N) is 1. The predicted molar refractivity (Wildman–Crippen MR) is 130 cm³/mol. The highest BCUT2D eigenvalue weighted by atomic mass is 19.1. The number of aromatic nitrogens is 1. The van der Waals surface area contributed by atoms with Gasteiger partial charge in [-0.3, -0.25) is 14.6 Å². The lowest BCUT2D eigenvalue weighted by molar-refractivity contribution is -0.124. The predicted octanol–water partition coefficient (Wildman–Crippen LogP) is 4.31. The summed E-state index contributed by atoms with van der Waals surface area (Å²) in [7, 11) is 0. The fraction of sp³-hybridized carbons (Fsp3) is 0.519. The highest BCUT2D eigenvalue weighted by Crippen LogP contribution is 2.39. The molecule has 182 valence electrons. The van der Waals surface area contributed by atoms with Crippen molar-refractivity contribution in [3.8, 4) is 0 Å². The van der Waals surface area contributed by atoms with Gasteiger partial charge in [-0.25, -0.2) is 4.39 Å². The summed E-state index contributed by atoms with van der Waals surface area (Å²) in [5.41, 5.74) is 8.06. The molecule has 2 amide bonds. The first kappa shape index (κ1) is 24.3. The van der Waals surface area contributed by atoms with Gasteiger partial charge in [0.15, 0.2) is 0 Å². The molecule has 0 aliphatic heterocycles. The molecule has 6 nitrogen and oxygen atoms in total. The summed E-state index contributed by atoms with van der Waals surface area (Å²) < 4.78 is 13.5. The third-order valence-corrected chi connectivity index (χ3v) is 7.77. The Hall–Kier alpha value is -2.80. The van der Waals surface area contributed by atoms with Crippen molar-refractivity contribution in [2.45, 2.75) is 69.2 Å². The molecule has 1 atom stereocenters. The number of pyridine rings is 1. The van der Waals surface area contributed by atoms with E-state index in [1.165, 1.54) is 18.6 Å². The van der Waals surface area contributed by atoms with Crippen LogP contribution in [0.2, 0.25) is 0 Å². The van der Waals surface area contributed by atoms with Crippen LogP contribution in [0.1, 0.15) is 63.4 Å².